The van der Waals surface area contributed by atoms with Crippen LogP contribution in [-0.2, 0) is 4.79 Å². The molecule has 0 aliphatic heterocycles. The smallest absolute Gasteiger partial charge is 0.302 e. The number of fused-ring (bicyclic) bond motifs is 3. The van der Waals surface area contributed by atoms with Gasteiger partial charge in [-0.2, -0.15) is 0 Å². The number of amides is 1. The molecule has 7 nitrogen and oxygen atoms in total. The molecule has 0 atom stereocenters. The predicted octanol–water partition coefficient (Wildman–Crippen LogP) is 5.57. The Kier molecular flexibility index (Phi) is 6.29. The zero-order valence-corrected chi connectivity index (χ0v) is 20.1. The SMILES string of the molecule is CCOc1ccccc1NC(=O)CSc1nc2c(oc3ccccc32)c(=O)n1-c1ccccc1C. The van der Waals surface area contributed by atoms with Crippen LogP contribution in [0, 0.1) is 6.92 Å². The highest BCUT2D eigenvalue weighted by Gasteiger charge is 2.20. The van der Waals surface area contributed by atoms with E-state index in [-0.39, 0.29) is 22.8 Å². The molecule has 0 saturated heterocycles. The summed E-state index contributed by atoms with van der Waals surface area (Å²) in [5.41, 5.74) is 3.15. The fraction of sp³-hybridized carbons (Fsp3) is 0.148. The molecule has 8 heteroatoms. The van der Waals surface area contributed by atoms with Crippen molar-refractivity contribution < 1.29 is 13.9 Å². The topological polar surface area (TPSA) is 86.4 Å². The fourth-order valence-electron chi connectivity index (χ4n) is 3.91. The summed E-state index contributed by atoms with van der Waals surface area (Å²) in [6, 6.07) is 22.3. The monoisotopic (exact) mass is 485 g/mol. The highest BCUT2D eigenvalue weighted by molar-refractivity contribution is 7.99. The summed E-state index contributed by atoms with van der Waals surface area (Å²) in [6.45, 7) is 4.31. The fourth-order valence-corrected chi connectivity index (χ4v) is 4.71. The molecular weight excluding hydrogens is 462 g/mol. The van der Waals surface area contributed by atoms with Crippen LogP contribution in [0.25, 0.3) is 27.8 Å². The van der Waals surface area contributed by atoms with Crippen LogP contribution < -0.4 is 15.6 Å². The van der Waals surface area contributed by atoms with E-state index < -0.39 is 0 Å². The maximum Gasteiger partial charge on any atom is 0.302 e. The third kappa shape index (κ3) is 4.40. The van der Waals surface area contributed by atoms with Crippen molar-refractivity contribution in [1.29, 1.82) is 0 Å². The Morgan fingerprint density at radius 1 is 1.06 bits per heavy atom. The number of carbonyl (C=O) groups is 1. The zero-order valence-electron chi connectivity index (χ0n) is 19.3. The predicted molar refractivity (Wildman–Crippen MR) is 139 cm³/mol. The lowest BCUT2D eigenvalue weighted by Crippen LogP contribution is -2.23. The lowest BCUT2D eigenvalue weighted by atomic mass is 10.2. The standard InChI is InChI=1S/C27H23N3O4S/c1-3-33-22-15-9-6-12-19(22)28-23(31)16-35-27-29-24-18-11-5-8-14-21(18)34-25(24)26(32)30(27)20-13-7-4-10-17(20)2/h4-15H,3,16H2,1-2H3,(H,28,31). The van der Waals surface area contributed by atoms with Crippen LogP contribution in [0.3, 0.4) is 0 Å². The number of nitrogens with one attached hydrogen (secondary N) is 1. The number of thioether (sulfide) groups is 1. The van der Waals surface area contributed by atoms with Crippen LogP contribution >= 0.6 is 11.8 Å². The number of benzene rings is 3. The molecule has 3 aromatic carbocycles. The molecule has 0 saturated carbocycles. The first-order chi connectivity index (χ1) is 17.1. The minimum absolute atomic E-state index is 0.0556. The number of aromatic nitrogens is 2. The van der Waals surface area contributed by atoms with E-state index in [2.05, 4.69) is 5.32 Å². The molecule has 0 fully saturated rings. The van der Waals surface area contributed by atoms with Crippen molar-refractivity contribution in [2.24, 2.45) is 0 Å². The molecular formula is C27H23N3O4S. The Bertz CT molecular complexity index is 1610. The molecule has 1 N–H and O–H groups in total. The van der Waals surface area contributed by atoms with E-state index in [4.69, 9.17) is 14.1 Å². The summed E-state index contributed by atoms with van der Waals surface area (Å²) in [5.74, 6) is 0.430. The number of para-hydroxylation sites is 4. The van der Waals surface area contributed by atoms with Crippen LogP contribution in [0.2, 0.25) is 0 Å². The second kappa shape index (κ2) is 9.68. The third-order valence-electron chi connectivity index (χ3n) is 5.52. The molecule has 35 heavy (non-hydrogen) atoms. The molecule has 0 radical (unpaired) electrons. The number of rotatable bonds is 7. The van der Waals surface area contributed by atoms with Crippen molar-refractivity contribution in [1.82, 2.24) is 9.55 Å². The summed E-state index contributed by atoms with van der Waals surface area (Å²) in [6.07, 6.45) is 0. The first-order valence-electron chi connectivity index (χ1n) is 11.2. The molecule has 0 aliphatic carbocycles. The lowest BCUT2D eigenvalue weighted by Gasteiger charge is -2.14. The molecule has 5 rings (SSSR count). The number of ether oxygens (including phenoxy) is 1. The van der Waals surface area contributed by atoms with Crippen molar-refractivity contribution in [3.8, 4) is 11.4 Å². The molecule has 1 amide bonds. The van der Waals surface area contributed by atoms with E-state index in [1.807, 2.05) is 80.6 Å². The number of hydrogen-bond acceptors (Lipinski definition) is 6. The molecule has 0 aliphatic rings. The van der Waals surface area contributed by atoms with Gasteiger partial charge in [-0.25, -0.2) is 4.98 Å². The lowest BCUT2D eigenvalue weighted by molar-refractivity contribution is -0.113. The first kappa shape index (κ1) is 22.7. The van der Waals surface area contributed by atoms with E-state index >= 15 is 0 Å². The number of aryl methyl sites for hydroxylation is 1. The van der Waals surface area contributed by atoms with Crippen LogP contribution in [0.5, 0.6) is 5.75 Å². The minimum Gasteiger partial charge on any atom is -0.492 e. The minimum atomic E-state index is -0.315. The van der Waals surface area contributed by atoms with E-state index in [1.54, 1.807) is 6.07 Å². The number of hydrogen-bond donors (Lipinski definition) is 1. The van der Waals surface area contributed by atoms with Gasteiger partial charge in [0.15, 0.2) is 5.16 Å². The highest BCUT2D eigenvalue weighted by atomic mass is 32.2. The normalized spacial score (nSPS) is 11.1. The number of nitrogens with zero attached hydrogens (tertiary/aromatic N) is 2. The number of anilines is 1. The Balaban J connectivity index is 1.54. The van der Waals surface area contributed by atoms with E-state index in [0.717, 1.165) is 10.9 Å². The Hall–Kier alpha value is -4.04. The van der Waals surface area contributed by atoms with Crippen molar-refractivity contribution in [3.05, 3.63) is 88.7 Å². The van der Waals surface area contributed by atoms with E-state index in [9.17, 15) is 9.59 Å². The average molecular weight is 486 g/mol. The van der Waals surface area contributed by atoms with E-state index in [1.165, 1.54) is 16.3 Å². The summed E-state index contributed by atoms with van der Waals surface area (Å²) >= 11 is 1.20. The van der Waals surface area contributed by atoms with Gasteiger partial charge in [0.25, 0.3) is 0 Å². The summed E-state index contributed by atoms with van der Waals surface area (Å²) in [5, 5.41) is 4.07. The van der Waals surface area contributed by atoms with Gasteiger partial charge in [0.1, 0.15) is 16.8 Å². The van der Waals surface area contributed by atoms with Crippen LogP contribution in [0.15, 0.2) is 87.2 Å². The van der Waals surface area contributed by atoms with Crippen LogP contribution in [0.4, 0.5) is 5.69 Å². The number of furan rings is 1. The van der Waals surface area contributed by atoms with Gasteiger partial charge in [-0.1, -0.05) is 54.2 Å². The average Bonchev–Trinajstić information content (AvgIpc) is 3.24. The molecule has 0 unspecified atom stereocenters. The maximum absolute atomic E-state index is 13.6. The Morgan fingerprint density at radius 2 is 1.80 bits per heavy atom. The van der Waals surface area contributed by atoms with Gasteiger partial charge in [-0.15, -0.1) is 0 Å². The molecule has 5 aromatic rings. The highest BCUT2D eigenvalue weighted by Crippen LogP contribution is 2.30. The Morgan fingerprint density at radius 3 is 2.63 bits per heavy atom. The molecule has 2 aromatic heterocycles. The Labute approximate surface area is 205 Å². The van der Waals surface area contributed by atoms with Gasteiger partial charge >= 0.3 is 5.56 Å². The summed E-state index contributed by atoms with van der Waals surface area (Å²) in [4.78, 5) is 31.3. The second-order valence-electron chi connectivity index (χ2n) is 7.86. The molecule has 0 spiro atoms. The van der Waals surface area contributed by atoms with Crippen LogP contribution in [-0.4, -0.2) is 27.8 Å². The third-order valence-corrected chi connectivity index (χ3v) is 6.45. The van der Waals surface area contributed by atoms with Gasteiger partial charge in [-0.05, 0) is 49.7 Å². The van der Waals surface area contributed by atoms with Crippen molar-refractivity contribution in [2.75, 3.05) is 17.7 Å². The molecule has 176 valence electrons. The van der Waals surface area contributed by atoms with Gasteiger partial charge in [0.05, 0.1) is 23.7 Å². The quantitative estimate of drug-likeness (QED) is 0.240. The summed E-state index contributed by atoms with van der Waals surface area (Å²) < 4.78 is 13.0. The van der Waals surface area contributed by atoms with Gasteiger partial charge in [0.2, 0.25) is 11.5 Å². The van der Waals surface area contributed by atoms with Gasteiger partial charge in [-0.3, -0.25) is 14.2 Å². The first-order valence-corrected chi connectivity index (χ1v) is 12.2. The zero-order chi connectivity index (χ0) is 24.4. The van der Waals surface area contributed by atoms with Crippen molar-refractivity contribution in [2.45, 2.75) is 19.0 Å². The van der Waals surface area contributed by atoms with Crippen LogP contribution in [0.1, 0.15) is 12.5 Å². The maximum atomic E-state index is 13.6. The summed E-state index contributed by atoms with van der Waals surface area (Å²) in [7, 11) is 0. The van der Waals surface area contributed by atoms with Gasteiger partial charge in [0, 0.05) is 5.39 Å². The molecule has 2 heterocycles. The van der Waals surface area contributed by atoms with E-state index in [0.29, 0.717) is 40.0 Å². The molecule has 0 bridgehead atoms. The second-order valence-corrected chi connectivity index (χ2v) is 8.81. The van der Waals surface area contributed by atoms with Crippen molar-refractivity contribution in [3.63, 3.8) is 0 Å². The van der Waals surface area contributed by atoms with Crippen molar-refractivity contribution >= 4 is 45.4 Å². The largest absolute Gasteiger partial charge is 0.492 e. The van der Waals surface area contributed by atoms with Gasteiger partial charge < -0.3 is 14.5 Å². The number of carbonyl (C=O) groups excluding carboxylic acids is 1.